The highest BCUT2D eigenvalue weighted by atomic mass is 16.2. The lowest BCUT2D eigenvalue weighted by atomic mass is 9.84. The zero-order chi connectivity index (χ0) is 14.5. The molecular weight excluding hydrogens is 254 g/mol. The Hall–Kier alpha value is -1.41. The van der Waals surface area contributed by atoms with E-state index >= 15 is 0 Å². The third-order valence-corrected chi connectivity index (χ3v) is 4.29. The number of hydrogen-bond acceptors (Lipinski definition) is 4. The first-order valence-corrected chi connectivity index (χ1v) is 7.58. The number of ketones is 1. The third kappa shape index (κ3) is 4.31. The molecule has 0 radical (unpaired) electrons. The lowest BCUT2D eigenvalue weighted by Gasteiger charge is -2.23. The van der Waals surface area contributed by atoms with Crippen molar-refractivity contribution in [2.45, 2.75) is 63.5 Å². The molecule has 0 aromatic carbocycles. The van der Waals surface area contributed by atoms with Gasteiger partial charge in [-0.15, -0.1) is 0 Å². The Labute approximate surface area is 119 Å². The fraction of sp³-hybridized carbons (Fsp3) is 0.800. The molecule has 5 nitrogen and oxygen atoms in total. The van der Waals surface area contributed by atoms with E-state index in [-0.39, 0.29) is 17.6 Å². The molecule has 0 aromatic rings. The van der Waals surface area contributed by atoms with Gasteiger partial charge in [0.25, 0.3) is 0 Å². The summed E-state index contributed by atoms with van der Waals surface area (Å²) in [5.74, 6) is 0.476. The van der Waals surface area contributed by atoms with Crippen molar-refractivity contribution in [1.82, 2.24) is 5.32 Å². The van der Waals surface area contributed by atoms with Crippen LogP contribution in [0.2, 0.25) is 0 Å². The maximum absolute atomic E-state index is 11.9. The summed E-state index contributed by atoms with van der Waals surface area (Å²) in [6.45, 7) is 0. The number of Topliss-reactive ketones (excluding diaryl/α,β-unsaturated/α-hetero) is 1. The lowest BCUT2D eigenvalue weighted by molar-refractivity contribution is -0.126. The van der Waals surface area contributed by atoms with E-state index in [0.29, 0.717) is 25.2 Å². The van der Waals surface area contributed by atoms with Gasteiger partial charge in [-0.1, -0.05) is 19.3 Å². The summed E-state index contributed by atoms with van der Waals surface area (Å²) >= 11 is 0. The Morgan fingerprint density at radius 2 is 2.10 bits per heavy atom. The van der Waals surface area contributed by atoms with E-state index in [1.54, 1.807) is 0 Å². The number of nitrogens with one attached hydrogen (secondary N) is 1. The number of carbonyl (C=O) groups excluding carboxylic acids is 2. The molecule has 0 aliphatic heterocycles. The second-order valence-electron chi connectivity index (χ2n) is 6.12. The van der Waals surface area contributed by atoms with Crippen molar-refractivity contribution >= 4 is 11.7 Å². The van der Waals surface area contributed by atoms with Gasteiger partial charge in [0.15, 0.2) is 0 Å². The van der Waals surface area contributed by atoms with Gasteiger partial charge in [-0.25, -0.2) is 0 Å². The minimum absolute atomic E-state index is 0.0756. The quantitative estimate of drug-likeness (QED) is 0.764. The molecule has 0 spiro atoms. The maximum Gasteiger partial charge on any atom is 0.237 e. The molecule has 2 rings (SSSR count). The molecule has 0 aromatic heterocycles. The molecule has 2 fully saturated rings. The molecule has 0 heterocycles. The zero-order valence-corrected chi connectivity index (χ0v) is 11.8. The van der Waals surface area contributed by atoms with Crippen molar-refractivity contribution in [2.75, 3.05) is 0 Å². The number of rotatable bonds is 6. The predicted octanol–water partition coefficient (Wildman–Crippen LogP) is 1.27. The summed E-state index contributed by atoms with van der Waals surface area (Å²) in [5.41, 5.74) is 5.83. The van der Waals surface area contributed by atoms with Crippen LogP contribution in [-0.2, 0) is 9.59 Å². The van der Waals surface area contributed by atoms with E-state index in [9.17, 15) is 9.59 Å². The van der Waals surface area contributed by atoms with Crippen LogP contribution in [0.1, 0.15) is 51.4 Å². The summed E-state index contributed by atoms with van der Waals surface area (Å²) in [6.07, 6.45) is 6.86. The number of nitrogens with zero attached hydrogens (tertiary/aromatic N) is 1. The molecule has 1 amide bonds. The molecule has 2 aliphatic carbocycles. The highest BCUT2D eigenvalue weighted by molar-refractivity contribution is 5.83. The van der Waals surface area contributed by atoms with Crippen LogP contribution >= 0.6 is 0 Å². The van der Waals surface area contributed by atoms with Crippen LogP contribution in [0.3, 0.4) is 0 Å². The molecule has 0 bridgehead atoms. The van der Waals surface area contributed by atoms with Crippen LogP contribution in [0, 0.1) is 23.2 Å². The fourth-order valence-electron chi connectivity index (χ4n) is 2.83. The standard InChI is InChI=1S/C15H23N3O2/c16-9-12(8-11-3-1-2-4-14(11)19)18-15(20)13(17)7-10-5-6-10/h10-13H,1-8,17H2,(H,18,20)/t11-,12-,13-/m0/s1. The second kappa shape index (κ2) is 6.85. The molecule has 0 saturated heterocycles. The topological polar surface area (TPSA) is 96.0 Å². The smallest absolute Gasteiger partial charge is 0.237 e. The van der Waals surface area contributed by atoms with Crippen LogP contribution < -0.4 is 11.1 Å². The van der Waals surface area contributed by atoms with Crippen molar-refractivity contribution in [2.24, 2.45) is 17.6 Å². The minimum atomic E-state index is -0.597. The second-order valence-corrected chi connectivity index (χ2v) is 6.12. The van der Waals surface area contributed by atoms with Gasteiger partial charge < -0.3 is 11.1 Å². The van der Waals surface area contributed by atoms with Gasteiger partial charge in [0, 0.05) is 12.3 Å². The average molecular weight is 277 g/mol. The first-order valence-electron chi connectivity index (χ1n) is 7.58. The van der Waals surface area contributed by atoms with Crippen molar-refractivity contribution in [3.05, 3.63) is 0 Å². The van der Waals surface area contributed by atoms with Crippen LogP contribution in [0.4, 0.5) is 0 Å². The predicted molar refractivity (Wildman–Crippen MR) is 74.4 cm³/mol. The summed E-state index contributed by atoms with van der Waals surface area (Å²) in [5, 5.41) is 11.8. The number of nitrogens with two attached hydrogens (primary N) is 1. The Kier molecular flexibility index (Phi) is 5.13. The lowest BCUT2D eigenvalue weighted by Crippen LogP contribution is -2.46. The van der Waals surface area contributed by atoms with E-state index in [4.69, 9.17) is 11.0 Å². The van der Waals surface area contributed by atoms with Gasteiger partial charge in [-0.05, 0) is 31.6 Å². The van der Waals surface area contributed by atoms with Crippen LogP contribution in [0.25, 0.3) is 0 Å². The van der Waals surface area contributed by atoms with Gasteiger partial charge in [-0.2, -0.15) is 5.26 Å². The zero-order valence-electron chi connectivity index (χ0n) is 11.8. The number of carbonyl (C=O) groups is 2. The molecule has 110 valence electrons. The SMILES string of the molecule is N#C[C@H](C[C@@H]1CCCCC1=O)NC(=O)[C@@H](N)CC1CC1. The first-order chi connectivity index (χ1) is 9.60. The molecular formula is C15H23N3O2. The summed E-state index contributed by atoms with van der Waals surface area (Å²) in [6, 6.07) is 0.960. The Morgan fingerprint density at radius 1 is 1.35 bits per heavy atom. The van der Waals surface area contributed by atoms with Crippen LogP contribution in [-0.4, -0.2) is 23.8 Å². The summed E-state index contributed by atoms with van der Waals surface area (Å²) in [4.78, 5) is 23.7. The Bertz CT molecular complexity index is 412. The van der Waals surface area contributed by atoms with Gasteiger partial charge in [0.1, 0.15) is 11.8 Å². The first kappa shape index (κ1) is 15.0. The number of nitriles is 1. The average Bonchev–Trinajstić information content (AvgIpc) is 3.24. The Balaban J connectivity index is 1.80. The third-order valence-electron chi connectivity index (χ3n) is 4.29. The van der Waals surface area contributed by atoms with Gasteiger partial charge >= 0.3 is 0 Å². The maximum atomic E-state index is 11.9. The van der Waals surface area contributed by atoms with Crippen molar-refractivity contribution in [1.29, 1.82) is 5.26 Å². The van der Waals surface area contributed by atoms with Gasteiger partial charge in [0.05, 0.1) is 12.1 Å². The van der Waals surface area contributed by atoms with E-state index < -0.39 is 12.1 Å². The van der Waals surface area contributed by atoms with Gasteiger partial charge in [0.2, 0.25) is 5.91 Å². The van der Waals surface area contributed by atoms with Gasteiger partial charge in [-0.3, -0.25) is 9.59 Å². The van der Waals surface area contributed by atoms with Crippen LogP contribution in [0.15, 0.2) is 0 Å². The van der Waals surface area contributed by atoms with E-state index in [0.717, 1.165) is 32.1 Å². The molecule has 5 heteroatoms. The fourth-order valence-corrected chi connectivity index (χ4v) is 2.83. The van der Waals surface area contributed by atoms with E-state index in [2.05, 4.69) is 11.4 Å². The van der Waals surface area contributed by atoms with Crippen molar-refractivity contribution in [3.8, 4) is 6.07 Å². The summed E-state index contributed by atoms with van der Waals surface area (Å²) < 4.78 is 0. The highest BCUT2D eigenvalue weighted by Crippen LogP contribution is 2.33. The minimum Gasteiger partial charge on any atom is -0.339 e. The van der Waals surface area contributed by atoms with Crippen molar-refractivity contribution in [3.63, 3.8) is 0 Å². The van der Waals surface area contributed by atoms with E-state index in [1.807, 2.05) is 0 Å². The number of hydrogen-bond donors (Lipinski definition) is 2. The van der Waals surface area contributed by atoms with Crippen molar-refractivity contribution < 1.29 is 9.59 Å². The molecule has 20 heavy (non-hydrogen) atoms. The molecule has 0 unspecified atom stereocenters. The summed E-state index contributed by atoms with van der Waals surface area (Å²) in [7, 11) is 0. The monoisotopic (exact) mass is 277 g/mol. The van der Waals surface area contributed by atoms with E-state index in [1.165, 1.54) is 0 Å². The Morgan fingerprint density at radius 3 is 2.70 bits per heavy atom. The van der Waals surface area contributed by atoms with Crippen LogP contribution in [0.5, 0.6) is 0 Å². The molecule has 2 saturated carbocycles. The highest BCUT2D eigenvalue weighted by Gasteiger charge is 2.30. The number of amides is 1. The molecule has 3 N–H and O–H groups in total. The molecule has 2 aliphatic rings. The normalized spacial score (nSPS) is 25.6. The molecule has 3 atom stereocenters. The largest absolute Gasteiger partial charge is 0.339 e.